The molecular weight excluding hydrogens is 282 g/mol. The zero-order valence-corrected chi connectivity index (χ0v) is 12.1. The van der Waals surface area contributed by atoms with E-state index in [4.69, 9.17) is 15.7 Å². The Hall–Kier alpha value is -2.88. The zero-order valence-electron chi connectivity index (χ0n) is 12.1. The van der Waals surface area contributed by atoms with Gasteiger partial charge >= 0.3 is 0 Å². The van der Waals surface area contributed by atoms with E-state index in [1.54, 1.807) is 12.1 Å². The summed E-state index contributed by atoms with van der Waals surface area (Å²) in [5.41, 5.74) is 6.52. The van der Waals surface area contributed by atoms with E-state index in [1.165, 1.54) is 0 Å². The SMILES string of the molecule is N#CCCCCCOc1ccc(-c2n[nH]nc2C(N)=O)cc1. The number of aromatic nitrogens is 3. The fourth-order valence-electron chi connectivity index (χ4n) is 1.99. The third-order valence-corrected chi connectivity index (χ3v) is 3.11. The first-order valence-corrected chi connectivity index (χ1v) is 7.03. The number of nitrogens with one attached hydrogen (secondary N) is 1. The third-order valence-electron chi connectivity index (χ3n) is 3.11. The molecule has 0 fully saturated rings. The Bertz CT molecular complexity index is 657. The van der Waals surface area contributed by atoms with Gasteiger partial charge in [-0.05, 0) is 43.5 Å². The van der Waals surface area contributed by atoms with Crippen LogP contribution < -0.4 is 10.5 Å². The summed E-state index contributed by atoms with van der Waals surface area (Å²) in [6.07, 6.45) is 3.39. The number of carbonyl (C=O) groups excluding carboxylic acids is 1. The molecule has 1 amide bonds. The van der Waals surface area contributed by atoms with Crippen molar-refractivity contribution in [2.45, 2.75) is 25.7 Å². The van der Waals surface area contributed by atoms with Gasteiger partial charge in [0.15, 0.2) is 5.69 Å². The summed E-state index contributed by atoms with van der Waals surface area (Å²) in [5.74, 6) is 0.120. The molecule has 1 aromatic heterocycles. The summed E-state index contributed by atoms with van der Waals surface area (Å²) in [5, 5.41) is 18.5. The number of carbonyl (C=O) groups is 1. The molecule has 1 aromatic carbocycles. The van der Waals surface area contributed by atoms with Gasteiger partial charge in [-0.3, -0.25) is 4.79 Å². The Morgan fingerprint density at radius 2 is 2.00 bits per heavy atom. The quantitative estimate of drug-likeness (QED) is 0.723. The number of benzene rings is 1. The largest absolute Gasteiger partial charge is 0.494 e. The number of nitrogens with zero attached hydrogens (tertiary/aromatic N) is 3. The van der Waals surface area contributed by atoms with Crippen molar-refractivity contribution >= 4 is 5.91 Å². The molecule has 0 saturated heterocycles. The van der Waals surface area contributed by atoms with Crippen molar-refractivity contribution in [3.63, 3.8) is 0 Å². The van der Waals surface area contributed by atoms with E-state index < -0.39 is 5.91 Å². The predicted octanol–water partition coefficient (Wildman–Crippen LogP) is 2.03. The molecule has 0 bridgehead atoms. The molecule has 0 unspecified atom stereocenters. The minimum Gasteiger partial charge on any atom is -0.494 e. The van der Waals surface area contributed by atoms with E-state index in [0.29, 0.717) is 18.7 Å². The summed E-state index contributed by atoms with van der Waals surface area (Å²) >= 11 is 0. The first-order chi connectivity index (χ1) is 10.7. The van der Waals surface area contributed by atoms with Gasteiger partial charge in [-0.1, -0.05) is 0 Å². The van der Waals surface area contributed by atoms with Crippen molar-refractivity contribution in [3.05, 3.63) is 30.0 Å². The lowest BCUT2D eigenvalue weighted by Crippen LogP contribution is -2.12. The number of primary amides is 1. The molecule has 0 spiro atoms. The fourth-order valence-corrected chi connectivity index (χ4v) is 1.99. The molecule has 0 aliphatic rings. The second-order valence-electron chi connectivity index (χ2n) is 4.73. The molecule has 114 valence electrons. The standard InChI is InChI=1S/C15H17N5O2/c16-9-3-1-2-4-10-22-12-7-5-11(6-8-12)13-14(15(17)21)19-20-18-13/h5-8H,1-4,10H2,(H2,17,21)(H,18,19,20). The van der Waals surface area contributed by atoms with Crippen LogP contribution in [0.1, 0.15) is 36.2 Å². The normalized spacial score (nSPS) is 10.1. The molecular formula is C15H17N5O2. The molecule has 0 atom stereocenters. The maximum atomic E-state index is 11.2. The second kappa shape index (κ2) is 7.78. The number of hydrogen-bond acceptors (Lipinski definition) is 5. The third kappa shape index (κ3) is 4.06. The number of amides is 1. The number of H-pyrrole nitrogens is 1. The van der Waals surface area contributed by atoms with Gasteiger partial charge in [0.05, 0.1) is 12.7 Å². The van der Waals surface area contributed by atoms with Crippen LogP contribution in [0.3, 0.4) is 0 Å². The van der Waals surface area contributed by atoms with Gasteiger partial charge in [-0.25, -0.2) is 0 Å². The van der Waals surface area contributed by atoms with Crippen LogP contribution in [0.15, 0.2) is 24.3 Å². The molecule has 7 heteroatoms. The van der Waals surface area contributed by atoms with Gasteiger partial charge in [-0.15, -0.1) is 0 Å². The molecule has 0 radical (unpaired) electrons. The average Bonchev–Trinajstić information content (AvgIpc) is 3.01. The summed E-state index contributed by atoms with van der Waals surface area (Å²) < 4.78 is 5.62. The van der Waals surface area contributed by atoms with Crippen molar-refractivity contribution < 1.29 is 9.53 Å². The maximum absolute atomic E-state index is 11.2. The number of unbranched alkanes of at least 4 members (excludes halogenated alkanes) is 3. The highest BCUT2D eigenvalue weighted by molar-refractivity contribution is 5.96. The van der Waals surface area contributed by atoms with Crippen LogP contribution in [0.2, 0.25) is 0 Å². The van der Waals surface area contributed by atoms with E-state index in [0.717, 1.165) is 30.6 Å². The fraction of sp³-hybridized carbons (Fsp3) is 0.333. The molecule has 0 saturated carbocycles. The van der Waals surface area contributed by atoms with E-state index in [1.807, 2.05) is 12.1 Å². The predicted molar refractivity (Wildman–Crippen MR) is 79.9 cm³/mol. The second-order valence-corrected chi connectivity index (χ2v) is 4.73. The van der Waals surface area contributed by atoms with Crippen molar-refractivity contribution in [3.8, 4) is 23.1 Å². The number of ether oxygens (including phenoxy) is 1. The van der Waals surface area contributed by atoms with Crippen LogP contribution in [-0.2, 0) is 0 Å². The maximum Gasteiger partial charge on any atom is 0.271 e. The lowest BCUT2D eigenvalue weighted by Gasteiger charge is -2.06. The lowest BCUT2D eigenvalue weighted by atomic mass is 10.1. The monoisotopic (exact) mass is 299 g/mol. The highest BCUT2D eigenvalue weighted by atomic mass is 16.5. The molecule has 2 aromatic rings. The van der Waals surface area contributed by atoms with Gasteiger partial charge < -0.3 is 10.5 Å². The van der Waals surface area contributed by atoms with Crippen molar-refractivity contribution in [1.82, 2.24) is 15.4 Å². The smallest absolute Gasteiger partial charge is 0.271 e. The number of nitriles is 1. The molecule has 2 rings (SSSR count). The van der Waals surface area contributed by atoms with Gasteiger partial charge in [0.2, 0.25) is 0 Å². The van der Waals surface area contributed by atoms with Gasteiger partial charge in [0.25, 0.3) is 5.91 Å². The Morgan fingerprint density at radius 1 is 1.23 bits per heavy atom. The summed E-state index contributed by atoms with van der Waals surface area (Å²) in [6, 6.07) is 9.34. The van der Waals surface area contributed by atoms with Crippen LogP contribution >= 0.6 is 0 Å². The van der Waals surface area contributed by atoms with E-state index in [-0.39, 0.29) is 5.69 Å². The molecule has 7 nitrogen and oxygen atoms in total. The topological polar surface area (TPSA) is 118 Å². The van der Waals surface area contributed by atoms with E-state index >= 15 is 0 Å². The van der Waals surface area contributed by atoms with Crippen LogP contribution in [0, 0.1) is 11.3 Å². The highest BCUT2D eigenvalue weighted by Gasteiger charge is 2.14. The summed E-state index contributed by atoms with van der Waals surface area (Å²) in [6.45, 7) is 0.612. The first-order valence-electron chi connectivity index (χ1n) is 7.03. The van der Waals surface area contributed by atoms with Gasteiger partial charge in [0.1, 0.15) is 11.4 Å². The average molecular weight is 299 g/mol. The summed E-state index contributed by atoms with van der Waals surface area (Å²) in [7, 11) is 0. The number of hydrogen-bond donors (Lipinski definition) is 2. The van der Waals surface area contributed by atoms with Crippen LogP contribution in [0.25, 0.3) is 11.3 Å². The highest BCUT2D eigenvalue weighted by Crippen LogP contribution is 2.22. The Morgan fingerprint density at radius 3 is 2.68 bits per heavy atom. The Labute approximate surface area is 128 Å². The number of aromatic amines is 1. The van der Waals surface area contributed by atoms with Gasteiger partial charge in [-0.2, -0.15) is 20.7 Å². The zero-order chi connectivity index (χ0) is 15.8. The molecule has 0 aliphatic carbocycles. The molecule has 22 heavy (non-hydrogen) atoms. The molecule has 0 aliphatic heterocycles. The Balaban J connectivity index is 1.89. The van der Waals surface area contributed by atoms with Crippen molar-refractivity contribution in [2.24, 2.45) is 5.73 Å². The Kier molecular flexibility index (Phi) is 5.49. The van der Waals surface area contributed by atoms with E-state index in [2.05, 4.69) is 21.5 Å². The van der Waals surface area contributed by atoms with Gasteiger partial charge in [0, 0.05) is 12.0 Å². The number of nitrogens with two attached hydrogens (primary N) is 1. The lowest BCUT2D eigenvalue weighted by molar-refractivity contribution is 0.0996. The van der Waals surface area contributed by atoms with Crippen LogP contribution in [-0.4, -0.2) is 27.9 Å². The van der Waals surface area contributed by atoms with Crippen LogP contribution in [0.5, 0.6) is 5.75 Å². The first kappa shape index (κ1) is 15.5. The van der Waals surface area contributed by atoms with Crippen molar-refractivity contribution in [2.75, 3.05) is 6.61 Å². The van der Waals surface area contributed by atoms with Crippen LogP contribution in [0.4, 0.5) is 0 Å². The summed E-state index contributed by atoms with van der Waals surface area (Å²) in [4.78, 5) is 11.2. The van der Waals surface area contributed by atoms with E-state index in [9.17, 15) is 4.79 Å². The molecule has 1 heterocycles. The van der Waals surface area contributed by atoms with Crippen molar-refractivity contribution in [1.29, 1.82) is 5.26 Å². The minimum atomic E-state index is -0.624. The minimum absolute atomic E-state index is 0.117. The number of rotatable bonds is 8. The molecule has 3 N–H and O–H groups in total.